The molecule has 7 nitrogen and oxygen atoms in total. The highest BCUT2D eigenvalue weighted by Crippen LogP contribution is 2.24. The van der Waals surface area contributed by atoms with Crippen LogP contribution in [-0.4, -0.2) is 58.9 Å². The molecule has 4 rings (SSSR count). The van der Waals surface area contributed by atoms with Crippen molar-refractivity contribution in [2.24, 2.45) is 0 Å². The first-order valence-corrected chi connectivity index (χ1v) is 10.6. The molecular weight excluding hydrogens is 394 g/mol. The second-order valence-corrected chi connectivity index (χ2v) is 8.21. The molecule has 7 heteroatoms. The highest BCUT2D eigenvalue weighted by Gasteiger charge is 2.34. The summed E-state index contributed by atoms with van der Waals surface area (Å²) in [6.07, 6.45) is -0.439. The number of imide groups is 1. The molecule has 162 valence electrons. The predicted molar refractivity (Wildman–Crippen MR) is 116 cm³/mol. The fourth-order valence-electron chi connectivity index (χ4n) is 4.00. The number of rotatable bonds is 4. The van der Waals surface area contributed by atoms with Gasteiger partial charge in [-0.2, -0.15) is 0 Å². The van der Waals surface area contributed by atoms with Crippen molar-refractivity contribution in [1.82, 2.24) is 14.9 Å². The Morgan fingerprint density at radius 2 is 1.58 bits per heavy atom. The largest absolute Gasteiger partial charge is 0.434 e. The average molecular weight is 421 g/mol. The second-order valence-electron chi connectivity index (χ2n) is 8.21. The summed E-state index contributed by atoms with van der Waals surface area (Å²) < 4.78 is 0. The fourth-order valence-corrected chi connectivity index (χ4v) is 4.00. The van der Waals surface area contributed by atoms with Crippen molar-refractivity contribution in [3.63, 3.8) is 0 Å². The molecule has 0 unspecified atom stereocenters. The number of hydroxylamine groups is 2. The monoisotopic (exact) mass is 421 g/mol. The van der Waals surface area contributed by atoms with Gasteiger partial charge in [-0.3, -0.25) is 14.5 Å². The summed E-state index contributed by atoms with van der Waals surface area (Å²) in [6.45, 7) is 7.44. The fraction of sp³-hybridized carbons (Fsp3) is 0.375. The number of nitrogens with zero attached hydrogens (tertiary/aromatic N) is 3. The normalized spacial score (nSPS) is 17.4. The van der Waals surface area contributed by atoms with E-state index in [4.69, 9.17) is 4.84 Å². The summed E-state index contributed by atoms with van der Waals surface area (Å²) >= 11 is 0. The summed E-state index contributed by atoms with van der Waals surface area (Å²) in [4.78, 5) is 44.4. The third-order valence-electron chi connectivity index (χ3n) is 5.89. The Hall–Kier alpha value is -3.19. The van der Waals surface area contributed by atoms with E-state index in [0.717, 1.165) is 6.54 Å². The van der Waals surface area contributed by atoms with Crippen LogP contribution in [0, 0.1) is 13.8 Å². The standard InChI is InChI=1S/C24H27N3O4/c1-17-4-3-5-19(14-17)20-6-7-21(18(2)15-20)16-25-10-12-26(13-11-25)24(30)31-27-22(28)8-9-23(27)29/h3-7,14-15H,8-13,16H2,1-2H3. The molecule has 0 aromatic heterocycles. The Morgan fingerprint density at radius 1 is 0.903 bits per heavy atom. The lowest BCUT2D eigenvalue weighted by molar-refractivity contribution is -0.174. The molecule has 0 atom stereocenters. The number of benzene rings is 2. The Labute approximate surface area is 182 Å². The lowest BCUT2D eigenvalue weighted by Gasteiger charge is -2.34. The lowest BCUT2D eigenvalue weighted by atomic mass is 9.98. The van der Waals surface area contributed by atoms with Crippen LogP contribution >= 0.6 is 0 Å². The summed E-state index contributed by atoms with van der Waals surface area (Å²) in [5.74, 6) is -0.914. The number of hydrogen-bond donors (Lipinski definition) is 0. The lowest BCUT2D eigenvalue weighted by Crippen LogP contribution is -2.50. The molecule has 0 radical (unpaired) electrons. The van der Waals surface area contributed by atoms with Crippen molar-refractivity contribution in [1.29, 1.82) is 0 Å². The maximum atomic E-state index is 12.3. The minimum Gasteiger partial charge on any atom is -0.311 e. The van der Waals surface area contributed by atoms with Crippen molar-refractivity contribution in [3.8, 4) is 11.1 Å². The van der Waals surface area contributed by atoms with Gasteiger partial charge in [-0.05, 0) is 36.1 Å². The third kappa shape index (κ3) is 4.77. The van der Waals surface area contributed by atoms with Gasteiger partial charge in [-0.25, -0.2) is 4.79 Å². The van der Waals surface area contributed by atoms with E-state index in [9.17, 15) is 14.4 Å². The van der Waals surface area contributed by atoms with E-state index < -0.39 is 17.9 Å². The van der Waals surface area contributed by atoms with E-state index in [1.807, 2.05) is 0 Å². The molecule has 2 fully saturated rings. The Bertz CT molecular complexity index is 996. The predicted octanol–water partition coefficient (Wildman–Crippen LogP) is 3.29. The zero-order valence-corrected chi connectivity index (χ0v) is 18.0. The Kier molecular flexibility index (Phi) is 6.04. The van der Waals surface area contributed by atoms with Gasteiger partial charge in [0.15, 0.2) is 0 Å². The van der Waals surface area contributed by atoms with Gasteiger partial charge in [-0.1, -0.05) is 48.0 Å². The smallest absolute Gasteiger partial charge is 0.311 e. The van der Waals surface area contributed by atoms with Crippen molar-refractivity contribution >= 4 is 17.9 Å². The quantitative estimate of drug-likeness (QED) is 0.709. The van der Waals surface area contributed by atoms with E-state index in [1.165, 1.54) is 27.8 Å². The van der Waals surface area contributed by atoms with Crippen LogP contribution in [0.5, 0.6) is 0 Å². The molecule has 2 saturated heterocycles. The molecule has 2 aromatic rings. The number of carbonyl (C=O) groups excluding carboxylic acids is 3. The van der Waals surface area contributed by atoms with Crippen LogP contribution in [0.4, 0.5) is 4.79 Å². The molecule has 0 N–H and O–H groups in total. The number of aryl methyl sites for hydroxylation is 2. The van der Waals surface area contributed by atoms with Crippen LogP contribution in [0.25, 0.3) is 11.1 Å². The first kappa shape index (κ1) is 21.1. The van der Waals surface area contributed by atoms with Crippen LogP contribution in [-0.2, 0) is 21.0 Å². The molecule has 2 heterocycles. The van der Waals surface area contributed by atoms with Crippen LogP contribution in [0.1, 0.15) is 29.5 Å². The molecule has 0 saturated carbocycles. The van der Waals surface area contributed by atoms with Crippen LogP contribution < -0.4 is 0 Å². The first-order valence-electron chi connectivity index (χ1n) is 10.6. The molecule has 2 aliphatic heterocycles. The van der Waals surface area contributed by atoms with Crippen molar-refractivity contribution < 1.29 is 19.2 Å². The van der Waals surface area contributed by atoms with Crippen LogP contribution in [0.15, 0.2) is 42.5 Å². The molecule has 31 heavy (non-hydrogen) atoms. The van der Waals surface area contributed by atoms with E-state index >= 15 is 0 Å². The zero-order chi connectivity index (χ0) is 22.0. The van der Waals surface area contributed by atoms with Gasteiger partial charge in [-0.15, -0.1) is 5.06 Å². The number of piperazine rings is 1. The topological polar surface area (TPSA) is 70.2 Å². The minimum atomic E-state index is -0.637. The molecule has 0 spiro atoms. The summed E-state index contributed by atoms with van der Waals surface area (Å²) in [7, 11) is 0. The van der Waals surface area contributed by atoms with Gasteiger partial charge in [0.25, 0.3) is 11.8 Å². The van der Waals surface area contributed by atoms with E-state index in [-0.39, 0.29) is 12.8 Å². The van der Waals surface area contributed by atoms with Gasteiger partial charge in [0.05, 0.1) is 0 Å². The summed E-state index contributed by atoms with van der Waals surface area (Å²) in [6, 6.07) is 15.1. The van der Waals surface area contributed by atoms with E-state index in [2.05, 4.69) is 61.2 Å². The van der Waals surface area contributed by atoms with E-state index in [0.29, 0.717) is 31.2 Å². The highest BCUT2D eigenvalue weighted by molar-refractivity contribution is 6.01. The number of hydrogen-bond acceptors (Lipinski definition) is 5. The highest BCUT2D eigenvalue weighted by atomic mass is 16.7. The molecule has 3 amide bonds. The molecule has 0 aliphatic carbocycles. The maximum Gasteiger partial charge on any atom is 0.434 e. The Morgan fingerprint density at radius 3 is 2.23 bits per heavy atom. The summed E-state index contributed by atoms with van der Waals surface area (Å²) in [5.41, 5.74) is 6.18. The van der Waals surface area contributed by atoms with Gasteiger partial charge < -0.3 is 9.74 Å². The van der Waals surface area contributed by atoms with E-state index in [1.54, 1.807) is 4.90 Å². The molecular formula is C24H27N3O4. The van der Waals surface area contributed by atoms with Gasteiger partial charge >= 0.3 is 6.09 Å². The van der Waals surface area contributed by atoms with Crippen LogP contribution in [0.2, 0.25) is 0 Å². The minimum absolute atomic E-state index is 0.0991. The van der Waals surface area contributed by atoms with Crippen molar-refractivity contribution in [2.45, 2.75) is 33.2 Å². The number of carbonyl (C=O) groups is 3. The Balaban J connectivity index is 1.32. The van der Waals surface area contributed by atoms with Crippen molar-refractivity contribution in [3.05, 3.63) is 59.2 Å². The number of amides is 3. The zero-order valence-electron chi connectivity index (χ0n) is 18.0. The molecule has 2 aliphatic rings. The average Bonchev–Trinajstić information content (AvgIpc) is 3.07. The van der Waals surface area contributed by atoms with Gasteiger partial charge in [0.2, 0.25) is 0 Å². The van der Waals surface area contributed by atoms with Gasteiger partial charge in [0, 0.05) is 45.6 Å². The molecule has 2 aromatic carbocycles. The maximum absolute atomic E-state index is 12.3. The second kappa shape index (κ2) is 8.89. The SMILES string of the molecule is Cc1cccc(-c2ccc(CN3CCN(C(=O)ON4C(=O)CCC4=O)CC3)c(C)c2)c1. The summed E-state index contributed by atoms with van der Waals surface area (Å²) in [5, 5.41) is 0.605. The third-order valence-corrected chi connectivity index (χ3v) is 5.89. The molecule has 0 bridgehead atoms. The van der Waals surface area contributed by atoms with Crippen molar-refractivity contribution in [2.75, 3.05) is 26.2 Å². The van der Waals surface area contributed by atoms with Crippen LogP contribution in [0.3, 0.4) is 0 Å². The van der Waals surface area contributed by atoms with Gasteiger partial charge in [0.1, 0.15) is 0 Å². The first-order chi connectivity index (χ1) is 14.9.